The summed E-state index contributed by atoms with van der Waals surface area (Å²) in [4.78, 5) is 0. The zero-order valence-corrected chi connectivity index (χ0v) is 9.27. The first kappa shape index (κ1) is 13.8. The fraction of sp³-hybridized carbons (Fsp3) is 0.500. The summed E-state index contributed by atoms with van der Waals surface area (Å²) >= 11 is 0. The summed E-state index contributed by atoms with van der Waals surface area (Å²) in [6.07, 6.45) is 9.87. The van der Waals surface area contributed by atoms with Crippen LogP contribution < -0.4 is 0 Å². The predicted molar refractivity (Wildman–Crippen MR) is 60.2 cm³/mol. The fourth-order valence-electron chi connectivity index (χ4n) is 0.886. The van der Waals surface area contributed by atoms with Crippen LogP contribution in [0.4, 0.5) is 0 Å². The maximum Gasteiger partial charge on any atom is 0.116 e. The largest absolute Gasteiger partial charge is 0.491 e. The molecule has 0 saturated carbocycles. The maximum absolute atomic E-state index is 9.42. The van der Waals surface area contributed by atoms with Crippen LogP contribution in [0.2, 0.25) is 0 Å². The molecule has 1 N–H and O–H groups in total. The van der Waals surface area contributed by atoms with Crippen LogP contribution in [0.15, 0.2) is 24.0 Å². The molecule has 0 amide bonds. The van der Waals surface area contributed by atoms with Gasteiger partial charge in [0.1, 0.15) is 25.1 Å². The minimum absolute atomic E-state index is 0.192. The van der Waals surface area contributed by atoms with Gasteiger partial charge in [-0.1, -0.05) is 12.0 Å². The molecular formula is C12H18O3. The number of terminal acetylenes is 1. The summed E-state index contributed by atoms with van der Waals surface area (Å²) in [5.41, 5.74) is 0. The Morgan fingerprint density at radius 1 is 1.47 bits per heavy atom. The standard InChI is InChI=1S/C12H18O3/c1-4-7-12(6-3)15-10-11(13)9-14-8-5-2/h2,4,6-7,11,13H,8-10H2,1,3H3. The van der Waals surface area contributed by atoms with Crippen LogP contribution in [0.25, 0.3) is 0 Å². The quantitative estimate of drug-likeness (QED) is 0.299. The molecule has 0 rings (SSSR count). The van der Waals surface area contributed by atoms with E-state index in [9.17, 15) is 5.11 Å². The Hall–Kier alpha value is -1.24. The summed E-state index contributed by atoms with van der Waals surface area (Å²) in [5, 5.41) is 9.42. The Bertz CT molecular complexity index is 248. The normalized spacial score (nSPS) is 13.9. The van der Waals surface area contributed by atoms with Crippen LogP contribution in [-0.2, 0) is 9.47 Å². The van der Waals surface area contributed by atoms with Crippen LogP contribution in [0, 0.1) is 12.3 Å². The van der Waals surface area contributed by atoms with Gasteiger partial charge in [0, 0.05) is 0 Å². The van der Waals surface area contributed by atoms with Crippen molar-refractivity contribution in [2.75, 3.05) is 19.8 Å². The lowest BCUT2D eigenvalue weighted by molar-refractivity contribution is 0.00786. The minimum Gasteiger partial charge on any atom is -0.491 e. The highest BCUT2D eigenvalue weighted by molar-refractivity contribution is 5.09. The van der Waals surface area contributed by atoms with E-state index in [0.717, 1.165) is 5.76 Å². The molecule has 0 aromatic carbocycles. The van der Waals surface area contributed by atoms with Gasteiger partial charge in [0.15, 0.2) is 0 Å². The van der Waals surface area contributed by atoms with Crippen LogP contribution in [0.1, 0.15) is 13.8 Å². The third-order valence-corrected chi connectivity index (χ3v) is 1.55. The highest BCUT2D eigenvalue weighted by Gasteiger charge is 2.04. The second-order valence-corrected chi connectivity index (χ2v) is 2.88. The second-order valence-electron chi connectivity index (χ2n) is 2.88. The number of hydrogen-bond donors (Lipinski definition) is 1. The first-order valence-electron chi connectivity index (χ1n) is 4.85. The first-order chi connectivity index (χ1) is 7.24. The van der Waals surface area contributed by atoms with Crippen molar-refractivity contribution in [2.24, 2.45) is 0 Å². The van der Waals surface area contributed by atoms with E-state index in [4.69, 9.17) is 15.9 Å². The summed E-state index contributed by atoms with van der Waals surface area (Å²) in [6.45, 7) is 4.38. The molecule has 0 aromatic heterocycles. The van der Waals surface area contributed by atoms with Gasteiger partial charge in [-0.25, -0.2) is 0 Å². The van der Waals surface area contributed by atoms with E-state index in [-0.39, 0.29) is 19.8 Å². The van der Waals surface area contributed by atoms with Gasteiger partial charge in [0.2, 0.25) is 0 Å². The second kappa shape index (κ2) is 9.32. The van der Waals surface area contributed by atoms with Gasteiger partial charge >= 0.3 is 0 Å². The van der Waals surface area contributed by atoms with Crippen LogP contribution in [0.3, 0.4) is 0 Å². The van der Waals surface area contributed by atoms with Crippen molar-refractivity contribution in [3.63, 3.8) is 0 Å². The van der Waals surface area contributed by atoms with Crippen molar-refractivity contribution in [1.82, 2.24) is 0 Å². The molecule has 84 valence electrons. The molecule has 0 aliphatic carbocycles. The molecule has 3 nitrogen and oxygen atoms in total. The fourth-order valence-corrected chi connectivity index (χ4v) is 0.886. The van der Waals surface area contributed by atoms with Gasteiger partial charge in [-0.3, -0.25) is 0 Å². The Labute approximate surface area is 91.4 Å². The number of ether oxygens (including phenoxy) is 2. The lowest BCUT2D eigenvalue weighted by Gasteiger charge is -2.12. The molecule has 0 fully saturated rings. The Kier molecular flexibility index (Phi) is 8.55. The molecule has 0 saturated heterocycles. The molecule has 3 heteroatoms. The van der Waals surface area contributed by atoms with Crippen molar-refractivity contribution >= 4 is 0 Å². The molecule has 0 heterocycles. The van der Waals surface area contributed by atoms with E-state index in [0.29, 0.717) is 0 Å². The third-order valence-electron chi connectivity index (χ3n) is 1.55. The molecule has 15 heavy (non-hydrogen) atoms. The van der Waals surface area contributed by atoms with Gasteiger partial charge in [0.25, 0.3) is 0 Å². The van der Waals surface area contributed by atoms with Gasteiger partial charge in [-0.2, -0.15) is 0 Å². The van der Waals surface area contributed by atoms with Gasteiger partial charge < -0.3 is 14.6 Å². The molecule has 1 unspecified atom stereocenters. The third kappa shape index (κ3) is 7.80. The van der Waals surface area contributed by atoms with E-state index < -0.39 is 6.10 Å². The van der Waals surface area contributed by atoms with Crippen LogP contribution in [-0.4, -0.2) is 31.0 Å². The number of allylic oxidation sites excluding steroid dienone is 3. The van der Waals surface area contributed by atoms with E-state index in [1.807, 2.05) is 32.1 Å². The van der Waals surface area contributed by atoms with Crippen molar-refractivity contribution in [2.45, 2.75) is 20.0 Å². The van der Waals surface area contributed by atoms with E-state index in [1.165, 1.54) is 0 Å². The molecule has 0 radical (unpaired) electrons. The monoisotopic (exact) mass is 210 g/mol. The topological polar surface area (TPSA) is 38.7 Å². The van der Waals surface area contributed by atoms with Gasteiger partial charge in [-0.15, -0.1) is 6.42 Å². The minimum atomic E-state index is -0.654. The Morgan fingerprint density at radius 2 is 2.20 bits per heavy atom. The SMILES string of the molecule is C#CCOCC(O)COC(C=CC)=CC. The molecular weight excluding hydrogens is 192 g/mol. The maximum atomic E-state index is 9.42. The summed E-state index contributed by atoms with van der Waals surface area (Å²) in [7, 11) is 0. The summed E-state index contributed by atoms with van der Waals surface area (Å²) in [5.74, 6) is 3.05. The molecule has 0 bridgehead atoms. The van der Waals surface area contributed by atoms with Crippen LogP contribution in [0.5, 0.6) is 0 Å². The molecule has 0 aromatic rings. The molecule has 0 aliphatic rings. The van der Waals surface area contributed by atoms with E-state index >= 15 is 0 Å². The number of aliphatic hydroxyl groups excluding tert-OH is 1. The number of rotatable bonds is 7. The summed E-state index contributed by atoms with van der Waals surface area (Å²) < 4.78 is 10.3. The molecule has 0 spiro atoms. The highest BCUT2D eigenvalue weighted by atomic mass is 16.5. The molecule has 1 atom stereocenters. The number of aliphatic hydroxyl groups is 1. The highest BCUT2D eigenvalue weighted by Crippen LogP contribution is 2.00. The smallest absolute Gasteiger partial charge is 0.116 e. The predicted octanol–water partition coefficient (Wildman–Crippen LogP) is 1.49. The first-order valence-corrected chi connectivity index (χ1v) is 4.85. The zero-order valence-electron chi connectivity index (χ0n) is 9.27. The van der Waals surface area contributed by atoms with E-state index in [1.54, 1.807) is 0 Å². The lowest BCUT2D eigenvalue weighted by Crippen LogP contribution is -2.21. The van der Waals surface area contributed by atoms with Crippen molar-refractivity contribution in [3.8, 4) is 12.3 Å². The lowest BCUT2D eigenvalue weighted by atomic mass is 10.4. The Morgan fingerprint density at radius 3 is 2.73 bits per heavy atom. The number of hydrogen-bond acceptors (Lipinski definition) is 3. The average molecular weight is 210 g/mol. The molecule has 0 aliphatic heterocycles. The van der Waals surface area contributed by atoms with Crippen molar-refractivity contribution in [3.05, 3.63) is 24.0 Å². The van der Waals surface area contributed by atoms with E-state index in [2.05, 4.69) is 5.92 Å². The van der Waals surface area contributed by atoms with Gasteiger partial charge in [-0.05, 0) is 26.0 Å². The summed E-state index contributed by atoms with van der Waals surface area (Å²) in [6, 6.07) is 0. The van der Waals surface area contributed by atoms with Crippen molar-refractivity contribution < 1.29 is 14.6 Å². The van der Waals surface area contributed by atoms with Crippen molar-refractivity contribution in [1.29, 1.82) is 0 Å². The van der Waals surface area contributed by atoms with Gasteiger partial charge in [0.05, 0.1) is 6.61 Å². The zero-order chi connectivity index (χ0) is 11.5. The van der Waals surface area contributed by atoms with Crippen LogP contribution >= 0.6 is 0 Å². The average Bonchev–Trinajstić information content (AvgIpc) is 2.24. The Balaban J connectivity index is 3.70.